The molecule has 0 aliphatic heterocycles. The number of guanidine groups is 1. The number of aromatic nitrogens is 1. The van der Waals surface area contributed by atoms with Gasteiger partial charge in [0.15, 0.2) is 5.96 Å². The van der Waals surface area contributed by atoms with Crippen molar-refractivity contribution in [2.75, 3.05) is 38.6 Å². The largest absolute Gasteiger partial charge is 0.378 e. The summed E-state index contributed by atoms with van der Waals surface area (Å²) in [6.45, 7) is 4.59. The van der Waals surface area contributed by atoms with Crippen molar-refractivity contribution in [3.05, 3.63) is 59.9 Å². The highest BCUT2D eigenvalue weighted by molar-refractivity contribution is 14.0. The van der Waals surface area contributed by atoms with Crippen molar-refractivity contribution in [2.45, 2.75) is 26.2 Å². The van der Waals surface area contributed by atoms with Crippen LogP contribution in [0.1, 0.15) is 24.6 Å². The van der Waals surface area contributed by atoms with Crippen LogP contribution in [-0.2, 0) is 12.8 Å². The fraction of sp³-hybridized carbons (Fsp3) is 0.429. The van der Waals surface area contributed by atoms with E-state index in [2.05, 4.69) is 70.8 Å². The highest BCUT2D eigenvalue weighted by atomic mass is 127. The van der Waals surface area contributed by atoms with Gasteiger partial charge in [-0.05, 0) is 49.6 Å². The molecule has 0 bridgehead atoms. The van der Waals surface area contributed by atoms with Gasteiger partial charge in [0.1, 0.15) is 0 Å². The van der Waals surface area contributed by atoms with Crippen LogP contribution in [-0.4, -0.2) is 44.7 Å². The molecule has 0 saturated heterocycles. The Morgan fingerprint density at radius 3 is 2.44 bits per heavy atom. The molecule has 6 heteroatoms. The van der Waals surface area contributed by atoms with Gasteiger partial charge in [0, 0.05) is 57.7 Å². The number of nitrogens with zero attached hydrogens (tertiary/aromatic N) is 3. The summed E-state index contributed by atoms with van der Waals surface area (Å²) in [7, 11) is 4.12. The molecule has 27 heavy (non-hydrogen) atoms. The van der Waals surface area contributed by atoms with E-state index in [1.165, 1.54) is 11.3 Å². The van der Waals surface area contributed by atoms with Gasteiger partial charge in [0.05, 0.1) is 0 Å². The fourth-order valence-corrected chi connectivity index (χ4v) is 2.63. The fourth-order valence-electron chi connectivity index (χ4n) is 2.63. The Kier molecular flexibility index (Phi) is 11.5. The van der Waals surface area contributed by atoms with Gasteiger partial charge in [-0.1, -0.05) is 18.2 Å². The molecule has 0 fully saturated rings. The van der Waals surface area contributed by atoms with Crippen LogP contribution in [0.25, 0.3) is 0 Å². The van der Waals surface area contributed by atoms with Crippen molar-refractivity contribution in [3.63, 3.8) is 0 Å². The van der Waals surface area contributed by atoms with E-state index in [-0.39, 0.29) is 24.0 Å². The van der Waals surface area contributed by atoms with Gasteiger partial charge < -0.3 is 15.5 Å². The summed E-state index contributed by atoms with van der Waals surface area (Å²) >= 11 is 0. The van der Waals surface area contributed by atoms with Gasteiger partial charge in [-0.3, -0.25) is 9.98 Å². The lowest BCUT2D eigenvalue weighted by Crippen LogP contribution is -2.38. The van der Waals surface area contributed by atoms with E-state index in [1.807, 2.05) is 24.4 Å². The third-order valence-electron chi connectivity index (χ3n) is 4.09. The van der Waals surface area contributed by atoms with E-state index in [9.17, 15) is 0 Å². The van der Waals surface area contributed by atoms with E-state index in [0.717, 1.165) is 50.6 Å². The number of anilines is 1. The van der Waals surface area contributed by atoms with Crippen molar-refractivity contribution in [1.82, 2.24) is 15.6 Å². The summed E-state index contributed by atoms with van der Waals surface area (Å²) in [5.41, 5.74) is 3.69. The summed E-state index contributed by atoms with van der Waals surface area (Å²) in [6, 6.07) is 14.8. The van der Waals surface area contributed by atoms with E-state index in [4.69, 9.17) is 0 Å². The maximum Gasteiger partial charge on any atom is 0.191 e. The molecule has 2 rings (SSSR count). The zero-order valence-electron chi connectivity index (χ0n) is 16.6. The van der Waals surface area contributed by atoms with Gasteiger partial charge in [-0.2, -0.15) is 0 Å². The number of nitrogens with one attached hydrogen (secondary N) is 2. The van der Waals surface area contributed by atoms with Gasteiger partial charge >= 0.3 is 0 Å². The van der Waals surface area contributed by atoms with Crippen LogP contribution in [0.15, 0.2) is 53.7 Å². The Morgan fingerprint density at radius 2 is 1.81 bits per heavy atom. The highest BCUT2D eigenvalue weighted by Gasteiger charge is 1.99. The lowest BCUT2D eigenvalue weighted by atomic mass is 10.1. The molecule has 148 valence electrons. The molecular formula is C21H32IN5. The van der Waals surface area contributed by atoms with E-state index in [0.29, 0.717) is 0 Å². The first-order chi connectivity index (χ1) is 12.7. The van der Waals surface area contributed by atoms with Crippen molar-refractivity contribution >= 4 is 35.6 Å². The zero-order valence-corrected chi connectivity index (χ0v) is 18.9. The van der Waals surface area contributed by atoms with Crippen molar-refractivity contribution < 1.29 is 0 Å². The van der Waals surface area contributed by atoms with Crippen LogP contribution in [0, 0.1) is 0 Å². The first-order valence-corrected chi connectivity index (χ1v) is 9.37. The van der Waals surface area contributed by atoms with Gasteiger partial charge in [-0.25, -0.2) is 0 Å². The maximum atomic E-state index is 4.67. The molecule has 0 aliphatic carbocycles. The lowest BCUT2D eigenvalue weighted by Gasteiger charge is -2.13. The number of aryl methyl sites for hydroxylation is 1. The average molecular weight is 481 g/mol. The number of hydrogen-bond acceptors (Lipinski definition) is 3. The van der Waals surface area contributed by atoms with Gasteiger partial charge in [0.2, 0.25) is 0 Å². The van der Waals surface area contributed by atoms with E-state index >= 15 is 0 Å². The minimum atomic E-state index is 0. The van der Waals surface area contributed by atoms with E-state index in [1.54, 1.807) is 0 Å². The van der Waals surface area contributed by atoms with Crippen LogP contribution < -0.4 is 15.5 Å². The number of pyridine rings is 1. The minimum Gasteiger partial charge on any atom is -0.378 e. The lowest BCUT2D eigenvalue weighted by molar-refractivity contribution is 0.770. The van der Waals surface area contributed by atoms with Crippen molar-refractivity contribution in [3.8, 4) is 0 Å². The molecular weight excluding hydrogens is 449 g/mol. The summed E-state index contributed by atoms with van der Waals surface area (Å²) in [4.78, 5) is 11.1. The summed E-state index contributed by atoms with van der Waals surface area (Å²) < 4.78 is 0. The number of benzene rings is 1. The standard InChI is InChI=1S/C21H31N5.HI/c1-4-22-21(25-17-14-19-9-5-6-15-23-19)24-16-7-8-18-10-12-20(13-11-18)26(2)3;/h5-6,9-13,15H,4,7-8,14,16-17H2,1-3H3,(H2,22,24,25);1H. The van der Waals surface area contributed by atoms with Crippen LogP contribution in [0.3, 0.4) is 0 Å². The van der Waals surface area contributed by atoms with Crippen LogP contribution in [0.2, 0.25) is 0 Å². The predicted molar refractivity (Wildman–Crippen MR) is 126 cm³/mol. The molecule has 1 aromatic heterocycles. The van der Waals surface area contributed by atoms with Gasteiger partial charge in [0.25, 0.3) is 0 Å². The van der Waals surface area contributed by atoms with Crippen molar-refractivity contribution in [1.29, 1.82) is 0 Å². The molecule has 0 saturated carbocycles. The second-order valence-corrected chi connectivity index (χ2v) is 6.42. The summed E-state index contributed by atoms with van der Waals surface area (Å²) in [5, 5.41) is 6.68. The van der Waals surface area contributed by atoms with Crippen LogP contribution in [0.5, 0.6) is 0 Å². The Bertz CT molecular complexity index is 656. The number of hydrogen-bond donors (Lipinski definition) is 2. The molecule has 1 heterocycles. The maximum absolute atomic E-state index is 4.67. The molecule has 0 spiro atoms. The first kappa shape index (κ1) is 23.2. The quantitative estimate of drug-likeness (QED) is 0.249. The average Bonchev–Trinajstić information content (AvgIpc) is 2.66. The second kappa shape index (κ2) is 13.4. The Morgan fingerprint density at radius 1 is 1.04 bits per heavy atom. The SMILES string of the molecule is CCNC(=NCCCc1ccc(N(C)C)cc1)NCCc1ccccn1.I. The third kappa shape index (κ3) is 9.08. The first-order valence-electron chi connectivity index (χ1n) is 9.37. The van der Waals surface area contributed by atoms with Gasteiger partial charge in [-0.15, -0.1) is 24.0 Å². The highest BCUT2D eigenvalue weighted by Crippen LogP contribution is 2.13. The van der Waals surface area contributed by atoms with Crippen LogP contribution in [0.4, 0.5) is 5.69 Å². The van der Waals surface area contributed by atoms with Crippen molar-refractivity contribution in [2.24, 2.45) is 4.99 Å². The topological polar surface area (TPSA) is 52.6 Å². The molecule has 0 atom stereocenters. The zero-order chi connectivity index (χ0) is 18.6. The molecule has 0 radical (unpaired) electrons. The Balaban J connectivity index is 0.00000364. The second-order valence-electron chi connectivity index (χ2n) is 6.42. The summed E-state index contributed by atoms with van der Waals surface area (Å²) in [6.07, 6.45) is 4.81. The number of halogens is 1. The molecule has 5 nitrogen and oxygen atoms in total. The predicted octanol–water partition coefficient (Wildman–Crippen LogP) is 3.50. The number of aliphatic imine (C=N–C) groups is 1. The molecule has 0 unspecified atom stereocenters. The summed E-state index contributed by atoms with van der Waals surface area (Å²) in [5.74, 6) is 0.881. The molecule has 0 amide bonds. The van der Waals surface area contributed by atoms with Crippen LogP contribution >= 0.6 is 24.0 Å². The Labute approximate surface area is 180 Å². The monoisotopic (exact) mass is 481 g/mol. The number of rotatable bonds is 9. The molecule has 1 aromatic carbocycles. The molecule has 2 aromatic rings. The third-order valence-corrected chi connectivity index (χ3v) is 4.09. The Hall–Kier alpha value is -1.83. The molecule has 2 N–H and O–H groups in total. The smallest absolute Gasteiger partial charge is 0.191 e. The van der Waals surface area contributed by atoms with E-state index < -0.39 is 0 Å². The minimum absolute atomic E-state index is 0. The normalized spacial score (nSPS) is 10.9. The molecule has 0 aliphatic rings.